The second kappa shape index (κ2) is 9.96. The number of rotatable bonds is 10. The van der Waals surface area contributed by atoms with Gasteiger partial charge in [0.15, 0.2) is 5.16 Å². The average molecular weight is 287 g/mol. The van der Waals surface area contributed by atoms with Crippen molar-refractivity contribution in [2.75, 3.05) is 51.6 Å². The molecule has 0 fully saturated rings. The largest absolute Gasteiger partial charge is 0.384 e. The van der Waals surface area contributed by atoms with Gasteiger partial charge in [0, 0.05) is 24.6 Å². The van der Waals surface area contributed by atoms with E-state index in [4.69, 9.17) is 19.9 Å². The molecule has 7 heteroatoms. The van der Waals surface area contributed by atoms with Crippen molar-refractivity contribution < 1.29 is 14.2 Å². The van der Waals surface area contributed by atoms with E-state index in [-0.39, 0.29) is 0 Å². The van der Waals surface area contributed by atoms with Crippen molar-refractivity contribution in [2.24, 2.45) is 0 Å². The van der Waals surface area contributed by atoms with Gasteiger partial charge in [-0.1, -0.05) is 11.8 Å². The topological polar surface area (TPSA) is 79.5 Å². The molecule has 19 heavy (non-hydrogen) atoms. The van der Waals surface area contributed by atoms with Gasteiger partial charge >= 0.3 is 0 Å². The Kier molecular flexibility index (Phi) is 8.48. The van der Waals surface area contributed by atoms with E-state index in [1.54, 1.807) is 13.2 Å². The van der Waals surface area contributed by atoms with Gasteiger partial charge < -0.3 is 19.9 Å². The van der Waals surface area contributed by atoms with E-state index in [1.807, 2.05) is 6.92 Å². The molecule has 1 rings (SSSR count). The first-order valence-electron chi connectivity index (χ1n) is 6.10. The molecule has 0 aliphatic heterocycles. The van der Waals surface area contributed by atoms with E-state index < -0.39 is 0 Å². The minimum atomic E-state index is 0.502. The molecule has 0 amide bonds. The minimum Gasteiger partial charge on any atom is -0.384 e. The summed E-state index contributed by atoms with van der Waals surface area (Å²) in [7, 11) is 1.65. The van der Waals surface area contributed by atoms with Crippen LogP contribution in [0.25, 0.3) is 0 Å². The van der Waals surface area contributed by atoms with Gasteiger partial charge in [0.2, 0.25) is 0 Å². The van der Waals surface area contributed by atoms with Crippen LogP contribution in [0.15, 0.2) is 11.2 Å². The van der Waals surface area contributed by atoms with Crippen LogP contribution in [0.1, 0.15) is 5.69 Å². The second-order valence-electron chi connectivity index (χ2n) is 3.78. The highest BCUT2D eigenvalue weighted by Crippen LogP contribution is 2.14. The van der Waals surface area contributed by atoms with Crippen molar-refractivity contribution in [1.29, 1.82) is 0 Å². The standard InChI is InChI=1S/C12H21N3O3S/c1-10-9-11(13)15-12(14-10)19-8-7-18-6-5-17-4-3-16-2/h9H,3-8H2,1-2H3,(H2,13,14,15). The maximum absolute atomic E-state index is 5.65. The highest BCUT2D eigenvalue weighted by molar-refractivity contribution is 7.99. The highest BCUT2D eigenvalue weighted by atomic mass is 32.2. The van der Waals surface area contributed by atoms with E-state index in [0.717, 1.165) is 11.4 Å². The van der Waals surface area contributed by atoms with Crippen molar-refractivity contribution in [3.8, 4) is 0 Å². The number of aryl methyl sites for hydroxylation is 1. The molecule has 0 aliphatic carbocycles. The quantitative estimate of drug-likeness (QED) is 0.392. The molecule has 6 nitrogen and oxygen atoms in total. The summed E-state index contributed by atoms with van der Waals surface area (Å²) in [6.45, 7) is 4.92. The zero-order chi connectivity index (χ0) is 13.9. The number of methoxy groups -OCH3 is 1. The third kappa shape index (κ3) is 7.99. The van der Waals surface area contributed by atoms with Gasteiger partial charge in [-0.2, -0.15) is 0 Å². The first-order valence-corrected chi connectivity index (χ1v) is 7.09. The molecule has 1 heterocycles. The van der Waals surface area contributed by atoms with Gasteiger partial charge in [0.05, 0.1) is 33.0 Å². The van der Waals surface area contributed by atoms with Crippen LogP contribution in [0, 0.1) is 6.92 Å². The lowest BCUT2D eigenvalue weighted by atomic mass is 10.4. The van der Waals surface area contributed by atoms with Crippen LogP contribution in [0.4, 0.5) is 5.82 Å². The molecule has 1 aromatic rings. The van der Waals surface area contributed by atoms with Crippen LogP contribution >= 0.6 is 11.8 Å². The molecule has 0 aliphatic rings. The summed E-state index contributed by atoms with van der Waals surface area (Å²) in [6, 6.07) is 1.75. The first kappa shape index (κ1) is 16.2. The number of thioether (sulfide) groups is 1. The smallest absolute Gasteiger partial charge is 0.189 e. The molecule has 0 unspecified atom stereocenters. The van der Waals surface area contributed by atoms with E-state index in [1.165, 1.54) is 11.8 Å². The highest BCUT2D eigenvalue weighted by Gasteiger charge is 2.00. The van der Waals surface area contributed by atoms with Gasteiger partial charge in [0.25, 0.3) is 0 Å². The number of hydrogen-bond acceptors (Lipinski definition) is 7. The lowest BCUT2D eigenvalue weighted by Crippen LogP contribution is -2.09. The van der Waals surface area contributed by atoms with Crippen molar-refractivity contribution in [2.45, 2.75) is 12.1 Å². The number of nitrogens with zero attached hydrogens (tertiary/aromatic N) is 2. The van der Waals surface area contributed by atoms with Gasteiger partial charge in [-0.15, -0.1) is 0 Å². The molecular weight excluding hydrogens is 266 g/mol. The number of ether oxygens (including phenoxy) is 3. The van der Waals surface area contributed by atoms with E-state index in [2.05, 4.69) is 9.97 Å². The predicted octanol–water partition coefficient (Wildman–Crippen LogP) is 1.14. The lowest BCUT2D eigenvalue weighted by molar-refractivity contribution is 0.0286. The maximum atomic E-state index is 5.65. The molecule has 0 saturated carbocycles. The number of nitrogen functional groups attached to an aromatic ring is 1. The average Bonchev–Trinajstić information content (AvgIpc) is 2.36. The maximum Gasteiger partial charge on any atom is 0.189 e. The van der Waals surface area contributed by atoms with Crippen molar-refractivity contribution in [3.05, 3.63) is 11.8 Å². The zero-order valence-corrected chi connectivity index (χ0v) is 12.2. The number of anilines is 1. The Morgan fingerprint density at radius 1 is 1.11 bits per heavy atom. The summed E-state index contributed by atoms with van der Waals surface area (Å²) >= 11 is 1.53. The normalized spacial score (nSPS) is 10.8. The van der Waals surface area contributed by atoms with E-state index >= 15 is 0 Å². The van der Waals surface area contributed by atoms with Crippen molar-refractivity contribution in [1.82, 2.24) is 9.97 Å². The Balaban J connectivity index is 2.01. The summed E-state index contributed by atoms with van der Waals surface area (Å²) in [5, 5.41) is 0.692. The van der Waals surface area contributed by atoms with Gasteiger partial charge in [-0.3, -0.25) is 0 Å². The molecule has 0 radical (unpaired) electrons. The van der Waals surface area contributed by atoms with E-state index in [0.29, 0.717) is 44.0 Å². The molecule has 1 aromatic heterocycles. The Morgan fingerprint density at radius 2 is 1.79 bits per heavy atom. The van der Waals surface area contributed by atoms with Crippen LogP contribution in [-0.4, -0.2) is 55.9 Å². The van der Waals surface area contributed by atoms with Crippen molar-refractivity contribution >= 4 is 17.6 Å². The summed E-state index contributed by atoms with van der Waals surface area (Å²) in [4.78, 5) is 8.42. The number of aromatic nitrogens is 2. The van der Waals surface area contributed by atoms with Crippen LogP contribution in [-0.2, 0) is 14.2 Å². The summed E-state index contributed by atoms with van der Waals surface area (Å²) < 4.78 is 15.6. The molecule has 0 aromatic carbocycles. The van der Waals surface area contributed by atoms with Crippen molar-refractivity contribution in [3.63, 3.8) is 0 Å². The molecular formula is C12H21N3O3S. The summed E-state index contributed by atoms with van der Waals surface area (Å²) in [5.74, 6) is 1.29. The molecule has 108 valence electrons. The molecule has 0 saturated heterocycles. The minimum absolute atomic E-state index is 0.502. The zero-order valence-electron chi connectivity index (χ0n) is 11.4. The Hall–Kier alpha value is -0.890. The van der Waals surface area contributed by atoms with Crippen LogP contribution in [0.5, 0.6) is 0 Å². The van der Waals surface area contributed by atoms with E-state index in [9.17, 15) is 0 Å². The predicted molar refractivity (Wildman–Crippen MR) is 75.4 cm³/mol. The molecule has 2 N–H and O–H groups in total. The summed E-state index contributed by atoms with van der Waals surface area (Å²) in [5.41, 5.74) is 6.52. The first-order chi connectivity index (χ1) is 9.22. The van der Waals surface area contributed by atoms with Gasteiger partial charge in [0.1, 0.15) is 5.82 Å². The third-order valence-electron chi connectivity index (χ3n) is 2.12. The van der Waals surface area contributed by atoms with Crippen LogP contribution < -0.4 is 5.73 Å². The SMILES string of the molecule is COCCOCCOCCSc1nc(C)cc(N)n1. The fraction of sp³-hybridized carbons (Fsp3) is 0.667. The lowest BCUT2D eigenvalue weighted by Gasteiger charge is -2.05. The Morgan fingerprint density at radius 3 is 2.47 bits per heavy atom. The second-order valence-corrected chi connectivity index (χ2v) is 4.84. The number of nitrogens with two attached hydrogens (primary N) is 1. The number of hydrogen-bond donors (Lipinski definition) is 1. The fourth-order valence-corrected chi connectivity index (χ4v) is 2.05. The van der Waals surface area contributed by atoms with Gasteiger partial charge in [-0.25, -0.2) is 9.97 Å². The Labute approximate surface area is 118 Å². The molecule has 0 atom stereocenters. The fourth-order valence-electron chi connectivity index (χ4n) is 1.29. The van der Waals surface area contributed by atoms with Gasteiger partial charge in [-0.05, 0) is 6.92 Å². The van der Waals surface area contributed by atoms with Crippen LogP contribution in [0.2, 0.25) is 0 Å². The Bertz CT molecular complexity index is 346. The monoisotopic (exact) mass is 287 g/mol. The van der Waals surface area contributed by atoms with Crippen LogP contribution in [0.3, 0.4) is 0 Å². The summed E-state index contributed by atoms with van der Waals surface area (Å²) in [6.07, 6.45) is 0. The molecule has 0 spiro atoms. The molecule has 0 bridgehead atoms. The third-order valence-corrected chi connectivity index (χ3v) is 2.93.